The van der Waals surface area contributed by atoms with E-state index in [1.807, 2.05) is 12.1 Å². The number of nitrogens with two attached hydrogens (primary N) is 1. The van der Waals surface area contributed by atoms with Crippen molar-refractivity contribution < 1.29 is 4.74 Å². The van der Waals surface area contributed by atoms with Crippen LogP contribution in [0.2, 0.25) is 0 Å². The molecule has 2 N–H and O–H groups in total. The second-order valence-electron chi connectivity index (χ2n) is 4.93. The van der Waals surface area contributed by atoms with Gasteiger partial charge in [-0.25, -0.2) is 0 Å². The smallest absolute Gasteiger partial charge is 0.138 e. The summed E-state index contributed by atoms with van der Waals surface area (Å²) in [4.78, 5) is 4.22. The van der Waals surface area contributed by atoms with Crippen LogP contribution in [0.5, 0.6) is 5.75 Å². The van der Waals surface area contributed by atoms with Crippen molar-refractivity contribution in [1.82, 2.24) is 4.98 Å². The Labute approximate surface area is 113 Å². The van der Waals surface area contributed by atoms with Crippen LogP contribution in [0.15, 0.2) is 36.5 Å². The Morgan fingerprint density at radius 1 is 1.11 bits per heavy atom. The molecule has 1 heterocycles. The first kappa shape index (κ1) is 12.2. The molecule has 0 atom stereocenters. The van der Waals surface area contributed by atoms with E-state index in [4.69, 9.17) is 10.5 Å². The zero-order chi connectivity index (χ0) is 13.1. The highest BCUT2D eigenvalue weighted by atomic mass is 16.5. The predicted octanol–water partition coefficient (Wildman–Crippen LogP) is 2.61. The first-order valence-corrected chi connectivity index (χ1v) is 6.73. The van der Waals surface area contributed by atoms with Crippen molar-refractivity contribution in [1.29, 1.82) is 0 Å². The monoisotopic (exact) mass is 254 g/mol. The molecule has 0 amide bonds. The lowest BCUT2D eigenvalue weighted by molar-refractivity contribution is 0.304. The number of ether oxygens (including phenoxy) is 1. The van der Waals surface area contributed by atoms with Gasteiger partial charge in [-0.1, -0.05) is 18.2 Å². The summed E-state index contributed by atoms with van der Waals surface area (Å²) in [5, 5.41) is 0. The number of hydrogen-bond donors (Lipinski definition) is 1. The van der Waals surface area contributed by atoms with Crippen molar-refractivity contribution in [2.75, 3.05) is 0 Å². The topological polar surface area (TPSA) is 48.1 Å². The van der Waals surface area contributed by atoms with Crippen LogP contribution >= 0.6 is 0 Å². The van der Waals surface area contributed by atoms with Gasteiger partial charge in [0.05, 0.1) is 11.9 Å². The summed E-state index contributed by atoms with van der Waals surface area (Å²) in [5.74, 6) is 0.790. The highest BCUT2D eigenvalue weighted by molar-refractivity contribution is 5.35. The van der Waals surface area contributed by atoms with Crippen molar-refractivity contribution in [2.45, 2.75) is 32.4 Å². The molecule has 3 heteroatoms. The van der Waals surface area contributed by atoms with Crippen LogP contribution in [0.1, 0.15) is 28.8 Å². The third-order valence-electron chi connectivity index (χ3n) is 3.58. The van der Waals surface area contributed by atoms with Crippen molar-refractivity contribution >= 4 is 0 Å². The van der Waals surface area contributed by atoms with E-state index in [0.717, 1.165) is 11.4 Å². The molecule has 3 rings (SSSR count). The maximum Gasteiger partial charge on any atom is 0.138 e. The van der Waals surface area contributed by atoms with Crippen molar-refractivity contribution in [3.8, 4) is 5.75 Å². The lowest BCUT2D eigenvalue weighted by atomic mass is 10.1. The van der Waals surface area contributed by atoms with E-state index < -0.39 is 0 Å². The molecule has 1 aromatic carbocycles. The quantitative estimate of drug-likeness (QED) is 0.912. The van der Waals surface area contributed by atoms with E-state index in [1.54, 1.807) is 6.20 Å². The van der Waals surface area contributed by atoms with Gasteiger partial charge < -0.3 is 10.5 Å². The summed E-state index contributed by atoms with van der Waals surface area (Å²) in [7, 11) is 0. The van der Waals surface area contributed by atoms with Crippen molar-refractivity contribution in [2.24, 2.45) is 5.73 Å². The fourth-order valence-electron chi connectivity index (χ4n) is 2.50. The number of aryl methyl sites for hydroxylation is 2. The summed E-state index contributed by atoms with van der Waals surface area (Å²) >= 11 is 0. The molecule has 19 heavy (non-hydrogen) atoms. The molecule has 3 nitrogen and oxygen atoms in total. The maximum atomic E-state index is 5.75. The van der Waals surface area contributed by atoms with Crippen LogP contribution in [0.4, 0.5) is 0 Å². The fraction of sp³-hybridized carbons (Fsp3) is 0.312. The van der Waals surface area contributed by atoms with Gasteiger partial charge in [-0.2, -0.15) is 0 Å². The first-order valence-electron chi connectivity index (χ1n) is 6.73. The lowest BCUT2D eigenvalue weighted by Crippen LogP contribution is -2.00. The average molecular weight is 254 g/mol. The van der Waals surface area contributed by atoms with Crippen LogP contribution < -0.4 is 10.5 Å². The van der Waals surface area contributed by atoms with Gasteiger partial charge in [0.15, 0.2) is 0 Å². The number of pyridine rings is 1. The highest BCUT2D eigenvalue weighted by Gasteiger charge is 2.10. The third kappa shape index (κ3) is 2.76. The standard InChI is InChI=1S/C16H18N2O/c17-9-15-6-7-16(10-18-15)19-11-12-4-5-13-2-1-3-14(13)8-12/h4-8,10H,1-3,9,11,17H2. The highest BCUT2D eigenvalue weighted by Crippen LogP contribution is 2.23. The number of fused-ring (bicyclic) bond motifs is 1. The Kier molecular flexibility index (Phi) is 3.47. The summed E-state index contributed by atoms with van der Waals surface area (Å²) in [6.45, 7) is 1.06. The Balaban J connectivity index is 1.65. The number of aromatic nitrogens is 1. The summed E-state index contributed by atoms with van der Waals surface area (Å²) in [6.07, 6.45) is 5.44. The molecule has 0 radical (unpaired) electrons. The van der Waals surface area contributed by atoms with Crippen molar-refractivity contribution in [3.05, 3.63) is 58.9 Å². The second kappa shape index (κ2) is 5.41. The van der Waals surface area contributed by atoms with Gasteiger partial charge in [0.1, 0.15) is 12.4 Å². The molecule has 0 fully saturated rings. The number of rotatable bonds is 4. The summed E-state index contributed by atoms with van der Waals surface area (Å²) in [6, 6.07) is 10.5. The van der Waals surface area contributed by atoms with Gasteiger partial charge in [0.25, 0.3) is 0 Å². The largest absolute Gasteiger partial charge is 0.487 e. The molecule has 0 spiro atoms. The van der Waals surface area contributed by atoms with Crippen LogP contribution in [0.25, 0.3) is 0 Å². The Morgan fingerprint density at radius 3 is 2.79 bits per heavy atom. The first-order chi connectivity index (χ1) is 9.35. The molecule has 1 aliphatic carbocycles. The van der Waals surface area contributed by atoms with Crippen molar-refractivity contribution in [3.63, 3.8) is 0 Å². The SMILES string of the molecule is NCc1ccc(OCc2ccc3c(c2)CCC3)cn1. The Hall–Kier alpha value is -1.87. The van der Waals surface area contributed by atoms with Crippen LogP contribution in [0.3, 0.4) is 0 Å². The normalized spacial score (nSPS) is 13.3. The zero-order valence-electron chi connectivity index (χ0n) is 10.9. The molecule has 2 aromatic rings. The minimum atomic E-state index is 0.463. The number of nitrogens with zero attached hydrogens (tertiary/aromatic N) is 1. The second-order valence-corrected chi connectivity index (χ2v) is 4.93. The molecule has 0 unspecified atom stereocenters. The lowest BCUT2D eigenvalue weighted by Gasteiger charge is -2.08. The number of hydrogen-bond acceptors (Lipinski definition) is 3. The van der Waals surface area contributed by atoms with Gasteiger partial charge in [-0.3, -0.25) is 4.98 Å². The van der Waals surface area contributed by atoms with Crippen LogP contribution in [0, 0.1) is 0 Å². The summed E-state index contributed by atoms with van der Waals surface area (Å²) < 4.78 is 5.75. The van der Waals surface area contributed by atoms with Gasteiger partial charge in [-0.05, 0) is 48.1 Å². The molecular weight excluding hydrogens is 236 g/mol. The minimum absolute atomic E-state index is 0.463. The molecule has 1 aliphatic rings. The Bertz CT molecular complexity index is 563. The molecule has 0 aliphatic heterocycles. The molecule has 0 saturated carbocycles. The van der Waals surface area contributed by atoms with E-state index in [9.17, 15) is 0 Å². The van der Waals surface area contributed by atoms with Gasteiger partial charge >= 0.3 is 0 Å². The minimum Gasteiger partial charge on any atom is -0.487 e. The molecule has 1 aromatic heterocycles. The zero-order valence-corrected chi connectivity index (χ0v) is 10.9. The molecular formula is C16H18N2O. The molecule has 0 bridgehead atoms. The van der Waals surface area contributed by atoms with E-state index in [2.05, 4.69) is 23.2 Å². The third-order valence-corrected chi connectivity index (χ3v) is 3.58. The molecule has 98 valence electrons. The van der Waals surface area contributed by atoms with Gasteiger partial charge in [0, 0.05) is 6.54 Å². The average Bonchev–Trinajstić information content (AvgIpc) is 2.93. The molecule has 0 saturated heterocycles. The van der Waals surface area contributed by atoms with E-state index in [0.29, 0.717) is 13.2 Å². The van der Waals surface area contributed by atoms with Crippen LogP contribution in [-0.2, 0) is 26.0 Å². The van der Waals surface area contributed by atoms with Gasteiger partial charge in [0.2, 0.25) is 0 Å². The maximum absolute atomic E-state index is 5.75. The Morgan fingerprint density at radius 2 is 2.00 bits per heavy atom. The van der Waals surface area contributed by atoms with E-state index >= 15 is 0 Å². The number of benzene rings is 1. The summed E-state index contributed by atoms with van der Waals surface area (Å²) in [5.41, 5.74) is 10.6. The van der Waals surface area contributed by atoms with E-state index in [-0.39, 0.29) is 0 Å². The fourth-order valence-corrected chi connectivity index (χ4v) is 2.50. The van der Waals surface area contributed by atoms with Crippen LogP contribution in [-0.4, -0.2) is 4.98 Å². The van der Waals surface area contributed by atoms with Gasteiger partial charge in [-0.15, -0.1) is 0 Å². The van der Waals surface area contributed by atoms with E-state index in [1.165, 1.54) is 36.0 Å². The predicted molar refractivity (Wildman–Crippen MR) is 74.9 cm³/mol.